The van der Waals surface area contributed by atoms with Gasteiger partial charge in [0.05, 0.1) is 0 Å². The molecule has 0 radical (unpaired) electrons. The number of piperazine rings is 1. The normalized spacial score (nSPS) is 15.8. The van der Waals surface area contributed by atoms with E-state index in [4.69, 9.17) is 0 Å². The molecule has 0 aliphatic carbocycles. The van der Waals surface area contributed by atoms with Gasteiger partial charge in [-0.1, -0.05) is 0 Å². The molecule has 1 aliphatic rings. The summed E-state index contributed by atoms with van der Waals surface area (Å²) in [5, 5.41) is 0. The second-order valence-electron chi connectivity index (χ2n) is 5.93. The van der Waals surface area contributed by atoms with E-state index in [2.05, 4.69) is 0 Å². The molecule has 10 heteroatoms. The van der Waals surface area contributed by atoms with Crippen LogP contribution in [0.25, 0.3) is 0 Å². The predicted molar refractivity (Wildman–Crippen MR) is 87.4 cm³/mol. The second-order valence-corrected chi connectivity index (χ2v) is 7.84. The van der Waals surface area contributed by atoms with E-state index in [0.717, 1.165) is 28.6 Å². The van der Waals surface area contributed by atoms with Gasteiger partial charge in [-0.2, -0.15) is 4.31 Å². The minimum Gasteiger partial charge on any atom is -0.336 e. The van der Waals surface area contributed by atoms with E-state index < -0.39 is 44.1 Å². The maximum Gasteiger partial charge on any atom is 0.254 e. The molecule has 0 aromatic heterocycles. The highest BCUT2D eigenvalue weighted by Gasteiger charge is 2.32. The van der Waals surface area contributed by atoms with Crippen molar-refractivity contribution < 1.29 is 30.8 Å². The first-order chi connectivity index (χ1) is 12.7. The van der Waals surface area contributed by atoms with Gasteiger partial charge in [0.15, 0.2) is 0 Å². The van der Waals surface area contributed by atoms with Gasteiger partial charge in [0.1, 0.15) is 28.2 Å². The smallest absolute Gasteiger partial charge is 0.254 e. The van der Waals surface area contributed by atoms with Crippen LogP contribution in [0.3, 0.4) is 0 Å². The van der Waals surface area contributed by atoms with E-state index in [1.54, 1.807) is 0 Å². The molecule has 1 fully saturated rings. The number of carbonyl (C=O) groups is 1. The third-order valence-electron chi connectivity index (χ3n) is 4.15. The zero-order chi connectivity index (χ0) is 19.8. The first kappa shape index (κ1) is 19.3. The average Bonchev–Trinajstić information content (AvgIpc) is 2.62. The van der Waals surface area contributed by atoms with Gasteiger partial charge < -0.3 is 4.90 Å². The van der Waals surface area contributed by atoms with Gasteiger partial charge in [0.25, 0.3) is 5.91 Å². The summed E-state index contributed by atoms with van der Waals surface area (Å²) in [6.07, 6.45) is 0. The van der Waals surface area contributed by atoms with Crippen molar-refractivity contribution >= 4 is 15.9 Å². The molecule has 0 saturated carbocycles. The quantitative estimate of drug-likeness (QED) is 0.741. The van der Waals surface area contributed by atoms with Gasteiger partial charge in [-0.15, -0.1) is 0 Å². The van der Waals surface area contributed by atoms with Crippen LogP contribution in [0.15, 0.2) is 41.3 Å². The van der Waals surface area contributed by atoms with Crippen LogP contribution < -0.4 is 0 Å². The molecule has 0 bridgehead atoms. The Morgan fingerprint density at radius 2 is 1.41 bits per heavy atom. The van der Waals surface area contributed by atoms with Crippen molar-refractivity contribution in [2.24, 2.45) is 0 Å². The number of carbonyl (C=O) groups excluding carboxylic acids is 1. The van der Waals surface area contributed by atoms with Crippen LogP contribution in [0.2, 0.25) is 0 Å². The SMILES string of the molecule is O=C(c1cc(F)cc(F)c1)N1CCN(S(=O)(=O)c2cc(F)ccc2F)CC1. The zero-order valence-electron chi connectivity index (χ0n) is 13.8. The molecule has 1 saturated heterocycles. The molecule has 0 spiro atoms. The number of nitrogens with zero attached hydrogens (tertiary/aromatic N) is 2. The van der Waals surface area contributed by atoms with E-state index >= 15 is 0 Å². The molecule has 0 atom stereocenters. The Labute approximate surface area is 152 Å². The Balaban J connectivity index is 1.75. The highest BCUT2D eigenvalue weighted by atomic mass is 32.2. The Hall–Kier alpha value is -2.46. The zero-order valence-corrected chi connectivity index (χ0v) is 14.6. The summed E-state index contributed by atoms with van der Waals surface area (Å²) < 4.78 is 79.6. The lowest BCUT2D eigenvalue weighted by atomic mass is 10.1. The maximum absolute atomic E-state index is 13.8. The van der Waals surface area contributed by atoms with Crippen LogP contribution in [-0.2, 0) is 10.0 Å². The second kappa shape index (κ2) is 7.28. The Bertz CT molecular complexity index is 969. The number of sulfonamides is 1. The molecule has 0 N–H and O–H groups in total. The first-order valence-corrected chi connectivity index (χ1v) is 9.33. The summed E-state index contributed by atoms with van der Waals surface area (Å²) in [5.74, 6) is -4.42. The van der Waals surface area contributed by atoms with Gasteiger partial charge in [-0.3, -0.25) is 4.79 Å². The highest BCUT2D eigenvalue weighted by Crippen LogP contribution is 2.22. The van der Waals surface area contributed by atoms with Crippen LogP contribution in [0.4, 0.5) is 17.6 Å². The Morgan fingerprint density at radius 3 is 2.00 bits per heavy atom. The minimum atomic E-state index is -4.28. The third kappa shape index (κ3) is 3.96. The lowest BCUT2D eigenvalue weighted by Gasteiger charge is -2.34. The summed E-state index contributed by atoms with van der Waals surface area (Å²) in [4.78, 5) is 12.8. The lowest BCUT2D eigenvalue weighted by molar-refractivity contribution is 0.0696. The van der Waals surface area contributed by atoms with Crippen molar-refractivity contribution in [1.82, 2.24) is 9.21 Å². The van der Waals surface area contributed by atoms with Crippen LogP contribution in [0, 0.1) is 23.3 Å². The van der Waals surface area contributed by atoms with Crippen LogP contribution in [0.5, 0.6) is 0 Å². The van der Waals surface area contributed by atoms with Gasteiger partial charge >= 0.3 is 0 Å². The van der Waals surface area contributed by atoms with Crippen LogP contribution in [-0.4, -0.2) is 49.7 Å². The minimum absolute atomic E-state index is 0.0624. The van der Waals surface area contributed by atoms with Crippen LogP contribution >= 0.6 is 0 Å². The van der Waals surface area contributed by atoms with E-state index in [-0.39, 0.29) is 31.7 Å². The van der Waals surface area contributed by atoms with Gasteiger partial charge in [-0.25, -0.2) is 26.0 Å². The monoisotopic (exact) mass is 402 g/mol. The molecule has 2 aromatic carbocycles. The molecule has 1 amide bonds. The predicted octanol–water partition coefficient (Wildman–Crippen LogP) is 2.39. The first-order valence-electron chi connectivity index (χ1n) is 7.89. The molecule has 3 rings (SSSR count). The van der Waals surface area contributed by atoms with E-state index in [1.165, 1.54) is 4.90 Å². The summed E-state index contributed by atoms with van der Waals surface area (Å²) in [7, 11) is -4.28. The van der Waals surface area contributed by atoms with Crippen molar-refractivity contribution in [3.05, 3.63) is 65.2 Å². The van der Waals surface area contributed by atoms with Crippen LogP contribution in [0.1, 0.15) is 10.4 Å². The van der Waals surface area contributed by atoms with Crippen molar-refractivity contribution in [2.75, 3.05) is 26.2 Å². The summed E-state index contributed by atoms with van der Waals surface area (Å²) in [5.41, 5.74) is -0.194. The molecular formula is C17H14F4N2O3S. The maximum atomic E-state index is 13.8. The summed E-state index contributed by atoms with van der Waals surface area (Å²) in [6, 6.07) is 4.53. The average molecular weight is 402 g/mol. The van der Waals surface area contributed by atoms with E-state index in [0.29, 0.717) is 12.1 Å². The molecule has 1 aliphatic heterocycles. The largest absolute Gasteiger partial charge is 0.336 e. The molecule has 27 heavy (non-hydrogen) atoms. The van der Waals surface area contributed by atoms with Crippen molar-refractivity contribution in [3.8, 4) is 0 Å². The van der Waals surface area contributed by atoms with E-state index in [9.17, 15) is 30.8 Å². The van der Waals surface area contributed by atoms with Crippen molar-refractivity contribution in [1.29, 1.82) is 0 Å². The molecule has 144 valence electrons. The number of amides is 1. The summed E-state index contributed by atoms with van der Waals surface area (Å²) >= 11 is 0. The number of rotatable bonds is 3. The standard InChI is InChI=1S/C17H14F4N2O3S/c18-12-1-2-15(21)16(10-12)27(25,26)23-5-3-22(4-6-23)17(24)11-7-13(19)9-14(20)8-11/h1-2,7-10H,3-6H2. The third-order valence-corrected chi connectivity index (χ3v) is 6.06. The number of hydrogen-bond acceptors (Lipinski definition) is 3. The fraction of sp³-hybridized carbons (Fsp3) is 0.235. The Kier molecular flexibility index (Phi) is 5.20. The molecule has 0 unspecified atom stereocenters. The van der Waals surface area contributed by atoms with Gasteiger partial charge in [0.2, 0.25) is 10.0 Å². The molecule has 5 nitrogen and oxygen atoms in total. The fourth-order valence-corrected chi connectivity index (χ4v) is 4.30. The number of hydrogen-bond donors (Lipinski definition) is 0. The molecule has 1 heterocycles. The van der Waals surface area contributed by atoms with E-state index in [1.807, 2.05) is 0 Å². The topological polar surface area (TPSA) is 57.7 Å². The number of benzene rings is 2. The van der Waals surface area contributed by atoms with Crippen molar-refractivity contribution in [3.63, 3.8) is 0 Å². The molecule has 2 aromatic rings. The highest BCUT2D eigenvalue weighted by molar-refractivity contribution is 7.89. The van der Waals surface area contributed by atoms with Gasteiger partial charge in [-0.05, 0) is 30.3 Å². The fourth-order valence-electron chi connectivity index (χ4n) is 2.81. The molecular weight excluding hydrogens is 388 g/mol. The van der Waals surface area contributed by atoms with Crippen molar-refractivity contribution in [2.45, 2.75) is 4.90 Å². The lowest BCUT2D eigenvalue weighted by Crippen LogP contribution is -2.50. The van der Waals surface area contributed by atoms with Gasteiger partial charge in [0, 0.05) is 37.8 Å². The number of halogens is 4. The summed E-state index contributed by atoms with van der Waals surface area (Å²) in [6.45, 7) is -0.454. The Morgan fingerprint density at radius 1 is 0.815 bits per heavy atom.